The van der Waals surface area contributed by atoms with Gasteiger partial charge in [-0.25, -0.2) is 0 Å². The largest absolute Gasteiger partial charge is 0.381 e. The Morgan fingerprint density at radius 3 is 1.23 bits per heavy atom. The summed E-state index contributed by atoms with van der Waals surface area (Å²) < 4.78 is 61.9. The van der Waals surface area contributed by atoms with Crippen LogP contribution in [-0.4, -0.2) is 141 Å². The molecule has 0 radical (unpaired) electrons. The monoisotopic (exact) mass is 1800 g/mol. The highest BCUT2D eigenvalue weighted by atomic mass is 16.5. The first kappa shape index (κ1) is 111. The molecule has 15 atom stereocenters. The van der Waals surface area contributed by atoms with Crippen molar-refractivity contribution in [2.24, 2.45) is 170 Å². The number of hydrogen-bond acceptors (Lipinski definition) is 11. The highest BCUT2D eigenvalue weighted by Crippen LogP contribution is 2.67. The molecule has 20 bridgehead atoms. The van der Waals surface area contributed by atoms with E-state index in [1.165, 1.54) is 238 Å². The summed E-state index contributed by atoms with van der Waals surface area (Å²) in [6.07, 6.45) is 65.3. The maximum Gasteiger partial charge on any atom is 0.0690 e. The van der Waals surface area contributed by atoms with E-state index in [2.05, 4.69) is 159 Å². The molecular formula is C117H218O11. The molecule has 0 spiro atoms. The summed E-state index contributed by atoms with van der Waals surface area (Å²) in [5.41, 5.74) is 1.94. The van der Waals surface area contributed by atoms with Gasteiger partial charge in [-0.2, -0.15) is 0 Å². The van der Waals surface area contributed by atoms with Gasteiger partial charge >= 0.3 is 0 Å². The van der Waals surface area contributed by atoms with Crippen molar-refractivity contribution < 1.29 is 52.1 Å². The molecule has 0 N–H and O–H groups in total. The lowest BCUT2D eigenvalue weighted by Crippen LogP contribution is -2.51. The molecule has 11 nitrogen and oxygen atoms in total. The van der Waals surface area contributed by atoms with Gasteiger partial charge in [-0.15, -0.1) is 0 Å². The SMILES string of the molecule is CCC(C)C(C)OC.CCOC(C)C(C)C.CCOC12CC3CC(CC(C3)C1)C2.CCOC1C2CC3CC(C2)CC1C3.CCOC1CC(C)CCC1C(C)C.CCOC1CC2CCC1(C)C2(C)C.CCOC1CC2CCC1C2.CCOC1CCCC(C2CCCCC2)C1.CCOCC12CC3CC(CC(C3)C1)C2.CCOCC1C2CC3CC(C2)CC1C3.COC(C)C(C)C. The van der Waals surface area contributed by atoms with E-state index in [1.807, 2.05) is 6.92 Å². The van der Waals surface area contributed by atoms with Gasteiger partial charge < -0.3 is 52.1 Å². The van der Waals surface area contributed by atoms with Crippen LogP contribution >= 0.6 is 0 Å². The van der Waals surface area contributed by atoms with Crippen molar-refractivity contribution in [3.63, 3.8) is 0 Å². The van der Waals surface area contributed by atoms with Gasteiger partial charge in [0, 0.05) is 80.3 Å². The molecule has 752 valence electrons. The van der Waals surface area contributed by atoms with Gasteiger partial charge in [0.2, 0.25) is 0 Å². The Kier molecular flexibility index (Phi) is 48.2. The predicted molar refractivity (Wildman–Crippen MR) is 538 cm³/mol. The molecule has 23 aliphatic carbocycles. The maximum atomic E-state index is 6.04. The molecule has 23 rings (SSSR count). The third-order valence-corrected chi connectivity index (χ3v) is 39.0. The third kappa shape index (κ3) is 32.3. The zero-order chi connectivity index (χ0) is 92.9. The van der Waals surface area contributed by atoms with Gasteiger partial charge in [-0.05, 0) is 472 Å². The van der Waals surface area contributed by atoms with Crippen LogP contribution in [0.15, 0.2) is 0 Å². The molecular weight excluding hydrogens is 1580 g/mol. The summed E-state index contributed by atoms with van der Waals surface area (Å²) in [4.78, 5) is 0. The molecule has 0 aromatic heterocycles. The summed E-state index contributed by atoms with van der Waals surface area (Å²) in [6.45, 7) is 62.8. The quantitative estimate of drug-likeness (QED) is 0.0748. The van der Waals surface area contributed by atoms with Crippen LogP contribution in [0.3, 0.4) is 0 Å². The number of methoxy groups -OCH3 is 2. The lowest BCUT2D eigenvalue weighted by molar-refractivity contribution is -0.159. The molecule has 0 amide bonds. The highest BCUT2D eigenvalue weighted by Gasteiger charge is 2.62. The number of ether oxygens (including phenoxy) is 11. The summed E-state index contributed by atoms with van der Waals surface area (Å²) in [5.74, 6) is 24.9. The average molecular weight is 1800 g/mol. The number of rotatable bonds is 28. The van der Waals surface area contributed by atoms with Crippen LogP contribution in [0, 0.1) is 170 Å². The van der Waals surface area contributed by atoms with Crippen molar-refractivity contribution in [2.45, 2.75) is 490 Å². The average Bonchev–Trinajstić information content (AvgIpc) is 1.18. The van der Waals surface area contributed by atoms with E-state index in [1.54, 1.807) is 46.3 Å². The maximum absolute atomic E-state index is 6.04. The van der Waals surface area contributed by atoms with Gasteiger partial charge in [0.1, 0.15) is 0 Å². The van der Waals surface area contributed by atoms with E-state index >= 15 is 0 Å². The Hall–Kier alpha value is -0.440. The van der Waals surface area contributed by atoms with Crippen molar-refractivity contribution in [1.29, 1.82) is 0 Å². The molecule has 23 saturated carbocycles. The molecule has 128 heavy (non-hydrogen) atoms. The van der Waals surface area contributed by atoms with Crippen molar-refractivity contribution in [3.8, 4) is 0 Å². The molecule has 15 unspecified atom stereocenters. The highest BCUT2D eigenvalue weighted by molar-refractivity contribution is 5.12. The molecule has 0 aliphatic heterocycles. The first-order valence-electron chi connectivity index (χ1n) is 56.9. The fraction of sp³-hybridized carbons (Fsp3) is 1.00. The zero-order valence-electron chi connectivity index (χ0n) is 89.6. The Labute approximate surface area is 794 Å². The van der Waals surface area contributed by atoms with Gasteiger partial charge in [0.15, 0.2) is 0 Å². The molecule has 0 saturated heterocycles. The summed E-state index contributed by atoms with van der Waals surface area (Å²) in [5, 5.41) is 0. The molecule has 0 heterocycles. The first-order valence-corrected chi connectivity index (χ1v) is 56.9. The Morgan fingerprint density at radius 2 is 0.828 bits per heavy atom. The Morgan fingerprint density at radius 1 is 0.344 bits per heavy atom. The molecule has 11 heteroatoms. The van der Waals surface area contributed by atoms with Crippen molar-refractivity contribution in [2.75, 3.05) is 86.9 Å². The molecule has 23 fully saturated rings. The van der Waals surface area contributed by atoms with Gasteiger partial charge in [0.05, 0.1) is 61.0 Å². The van der Waals surface area contributed by atoms with Crippen LogP contribution in [0.4, 0.5) is 0 Å². The van der Waals surface area contributed by atoms with Crippen LogP contribution < -0.4 is 0 Å². The molecule has 23 aliphatic rings. The van der Waals surface area contributed by atoms with Crippen molar-refractivity contribution >= 4 is 0 Å². The zero-order valence-corrected chi connectivity index (χ0v) is 89.6. The second-order valence-corrected chi connectivity index (χ2v) is 49.1. The lowest BCUT2D eigenvalue weighted by Gasteiger charge is -2.56. The van der Waals surface area contributed by atoms with E-state index in [9.17, 15) is 0 Å². The van der Waals surface area contributed by atoms with Crippen LogP contribution in [0.25, 0.3) is 0 Å². The standard InChI is InChI=1S/C14H26O.2C13H22O.2C12H20O.C12H22O.C12H24O.C9H16O.2C7H16O.C6H14O/c1-2-15-14-10-6-9-13(11-14)12-7-4-3-5-8-12;1-2-14-9-13-6-10-3-11(7-13)5-12(4-10)8-13;1-2-14-8-13-11-4-9-3-10(6-11)7-12(13)5-9;1-2-13-12-6-9-3-10(7-12)5-11(4-9)8-12;1-2-13-12-10-4-8-3-9(6-10)7-11(12)5-8;1-5-13-10-8-9-6-7-12(10,4)11(9,2)3;1-5-13-12-8-10(4)6-7-11(12)9(2)3;1-2-10-9-6-7-3-4-8(9)5-7;1-5-6(2)7(3)8-4;1-5-8-7(4)6(2)3;1-5(2)6(3)7-4/h12-14H,2-11H2,1H3;10-12H,2-9H2,1H3;9-13H,2-8H2,1H3;9-11H,2-8H2,1H3;8-12H,2-7H2,1H3;9-10H,5-8H2,1-4H3;9-12H,5-8H2,1-4H3;7-9H,2-6H2,1H3;2*6-7H,5H2,1-4H3;5-6H,1-4H3. The smallest absolute Gasteiger partial charge is 0.0690 e. The lowest BCUT2D eigenvalue weighted by atomic mass is 9.50. The minimum absolute atomic E-state index is 0.351. The van der Waals surface area contributed by atoms with E-state index in [-0.39, 0.29) is 0 Å². The number of hydrogen-bond donors (Lipinski definition) is 0. The van der Waals surface area contributed by atoms with E-state index in [0.29, 0.717) is 88.4 Å². The fourth-order valence-corrected chi connectivity index (χ4v) is 31.8. The van der Waals surface area contributed by atoms with Crippen LogP contribution in [0.2, 0.25) is 0 Å². The minimum atomic E-state index is 0.351. The Balaban J connectivity index is 0.000000160. The first-order chi connectivity index (χ1) is 61.4. The molecule has 0 aromatic carbocycles. The van der Waals surface area contributed by atoms with Gasteiger partial charge in [0.25, 0.3) is 0 Å². The minimum Gasteiger partial charge on any atom is -0.381 e. The van der Waals surface area contributed by atoms with E-state index in [0.717, 1.165) is 209 Å². The number of fused-ring (bicyclic) bond motifs is 4. The summed E-state index contributed by atoms with van der Waals surface area (Å²) in [7, 11) is 3.50. The van der Waals surface area contributed by atoms with E-state index in [4.69, 9.17) is 52.1 Å². The predicted octanol–water partition coefficient (Wildman–Crippen LogP) is 31.1. The van der Waals surface area contributed by atoms with Gasteiger partial charge in [-0.3, -0.25) is 0 Å². The topological polar surface area (TPSA) is 102 Å². The van der Waals surface area contributed by atoms with Crippen molar-refractivity contribution in [1.82, 2.24) is 0 Å². The Bertz CT molecular complexity index is 2770. The summed E-state index contributed by atoms with van der Waals surface area (Å²) >= 11 is 0. The second kappa shape index (κ2) is 55.5. The van der Waals surface area contributed by atoms with E-state index < -0.39 is 0 Å². The normalized spacial score (nSPS) is 40.4. The second-order valence-electron chi connectivity index (χ2n) is 49.1. The molecule has 0 aromatic rings. The van der Waals surface area contributed by atoms with Crippen LogP contribution in [0.5, 0.6) is 0 Å². The summed E-state index contributed by atoms with van der Waals surface area (Å²) in [6, 6.07) is 0. The van der Waals surface area contributed by atoms with Gasteiger partial charge in [-0.1, -0.05) is 134 Å². The van der Waals surface area contributed by atoms with Crippen molar-refractivity contribution in [3.05, 3.63) is 0 Å². The fourth-order valence-electron chi connectivity index (χ4n) is 31.8. The van der Waals surface area contributed by atoms with Crippen LogP contribution in [-0.2, 0) is 52.1 Å². The van der Waals surface area contributed by atoms with Crippen LogP contribution in [0.1, 0.15) is 436 Å². The third-order valence-electron chi connectivity index (χ3n) is 39.0.